The number of hydrogen-bond donors (Lipinski definition) is 1. The lowest BCUT2D eigenvalue weighted by Crippen LogP contribution is -2.32. The van der Waals surface area contributed by atoms with Gasteiger partial charge in [-0.1, -0.05) is 24.3 Å². The van der Waals surface area contributed by atoms with E-state index >= 15 is 0 Å². The van der Waals surface area contributed by atoms with E-state index in [1.807, 2.05) is 57.2 Å². The molecule has 3 aromatic rings. The maximum absolute atomic E-state index is 12.8. The van der Waals surface area contributed by atoms with Crippen LogP contribution in [0.3, 0.4) is 0 Å². The number of anilines is 1. The molecule has 1 aromatic carbocycles. The van der Waals surface area contributed by atoms with Gasteiger partial charge in [-0.05, 0) is 44.5 Å². The van der Waals surface area contributed by atoms with E-state index in [9.17, 15) is 9.59 Å². The Labute approximate surface area is 152 Å². The van der Waals surface area contributed by atoms with E-state index in [4.69, 9.17) is 0 Å². The van der Waals surface area contributed by atoms with Gasteiger partial charge in [0.2, 0.25) is 5.82 Å². The van der Waals surface area contributed by atoms with Crippen molar-refractivity contribution in [1.29, 1.82) is 0 Å². The Morgan fingerprint density at radius 2 is 1.77 bits per heavy atom. The van der Waals surface area contributed by atoms with Gasteiger partial charge < -0.3 is 10.2 Å². The Bertz CT molecular complexity index is 957. The second-order valence-corrected chi connectivity index (χ2v) is 5.99. The molecule has 0 atom stereocenters. The number of rotatable bonds is 5. The number of aromatic nitrogens is 2. The van der Waals surface area contributed by atoms with Crippen LogP contribution in [0.15, 0.2) is 48.7 Å². The molecule has 3 rings (SSSR count). The molecule has 0 bridgehead atoms. The van der Waals surface area contributed by atoms with E-state index < -0.39 is 0 Å². The number of amides is 2. The number of aryl methyl sites for hydroxylation is 1. The number of para-hydroxylation sites is 1. The van der Waals surface area contributed by atoms with E-state index in [0.29, 0.717) is 18.6 Å². The minimum absolute atomic E-state index is 0.189. The van der Waals surface area contributed by atoms with Crippen LogP contribution in [0.2, 0.25) is 0 Å². The Morgan fingerprint density at radius 1 is 1.08 bits per heavy atom. The highest BCUT2D eigenvalue weighted by atomic mass is 16.2. The Morgan fingerprint density at radius 3 is 2.46 bits per heavy atom. The molecule has 2 amide bonds. The molecule has 0 saturated heterocycles. The number of fused-ring (bicyclic) bond motifs is 1. The smallest absolute Gasteiger partial charge is 0.290 e. The molecule has 0 fully saturated rings. The third-order valence-corrected chi connectivity index (χ3v) is 4.40. The average molecular weight is 350 g/mol. The number of nitrogens with zero attached hydrogens (tertiary/aromatic N) is 3. The highest BCUT2D eigenvalue weighted by molar-refractivity contribution is 6.09. The van der Waals surface area contributed by atoms with E-state index in [-0.39, 0.29) is 23.3 Å². The molecule has 6 heteroatoms. The summed E-state index contributed by atoms with van der Waals surface area (Å²) in [5.41, 5.74) is 2.54. The summed E-state index contributed by atoms with van der Waals surface area (Å²) in [6.07, 6.45) is 1.75. The van der Waals surface area contributed by atoms with Gasteiger partial charge in [-0.2, -0.15) is 0 Å². The van der Waals surface area contributed by atoms with Crippen LogP contribution < -0.4 is 5.32 Å². The van der Waals surface area contributed by atoms with Crippen molar-refractivity contribution in [2.24, 2.45) is 0 Å². The number of pyridine rings is 1. The predicted molar refractivity (Wildman–Crippen MR) is 102 cm³/mol. The van der Waals surface area contributed by atoms with Crippen molar-refractivity contribution in [3.63, 3.8) is 0 Å². The van der Waals surface area contributed by atoms with Crippen LogP contribution in [0.25, 0.3) is 5.52 Å². The highest BCUT2D eigenvalue weighted by Crippen LogP contribution is 2.19. The summed E-state index contributed by atoms with van der Waals surface area (Å²) in [5.74, 6) is -0.271. The van der Waals surface area contributed by atoms with Gasteiger partial charge in [-0.15, -0.1) is 0 Å². The Kier molecular flexibility index (Phi) is 5.02. The molecule has 0 aliphatic carbocycles. The molecular formula is C20H22N4O2. The fourth-order valence-corrected chi connectivity index (χ4v) is 2.90. The summed E-state index contributed by atoms with van der Waals surface area (Å²) < 4.78 is 1.67. The van der Waals surface area contributed by atoms with Gasteiger partial charge in [0.05, 0.1) is 5.52 Å². The Balaban J connectivity index is 2.03. The summed E-state index contributed by atoms with van der Waals surface area (Å²) in [4.78, 5) is 31.7. The van der Waals surface area contributed by atoms with E-state index in [2.05, 4.69) is 10.3 Å². The largest absolute Gasteiger partial charge is 0.337 e. The van der Waals surface area contributed by atoms with Crippen molar-refractivity contribution >= 4 is 23.0 Å². The van der Waals surface area contributed by atoms with Crippen LogP contribution >= 0.6 is 0 Å². The summed E-state index contributed by atoms with van der Waals surface area (Å²) in [6.45, 7) is 6.94. The average Bonchev–Trinajstić information content (AvgIpc) is 3.04. The summed E-state index contributed by atoms with van der Waals surface area (Å²) in [6, 6.07) is 13.0. The first kappa shape index (κ1) is 17.7. The van der Waals surface area contributed by atoms with Gasteiger partial charge in [0.25, 0.3) is 11.8 Å². The van der Waals surface area contributed by atoms with E-state index in [1.54, 1.807) is 21.6 Å². The lowest BCUT2D eigenvalue weighted by atomic mass is 10.2. The lowest BCUT2D eigenvalue weighted by Gasteiger charge is -2.17. The van der Waals surface area contributed by atoms with Crippen molar-refractivity contribution in [2.45, 2.75) is 20.8 Å². The number of carbonyl (C=O) groups is 2. The molecule has 0 saturated carbocycles. The quantitative estimate of drug-likeness (QED) is 0.767. The van der Waals surface area contributed by atoms with Crippen LogP contribution in [0.5, 0.6) is 0 Å². The van der Waals surface area contributed by atoms with Crippen molar-refractivity contribution in [3.05, 3.63) is 65.7 Å². The monoisotopic (exact) mass is 350 g/mol. The number of carbonyl (C=O) groups excluding carboxylic acids is 2. The van der Waals surface area contributed by atoms with Crippen LogP contribution in [-0.4, -0.2) is 39.2 Å². The van der Waals surface area contributed by atoms with Crippen molar-refractivity contribution < 1.29 is 9.59 Å². The maximum atomic E-state index is 12.8. The topological polar surface area (TPSA) is 66.7 Å². The molecule has 0 aliphatic rings. The zero-order valence-corrected chi connectivity index (χ0v) is 15.2. The van der Waals surface area contributed by atoms with Gasteiger partial charge in [0, 0.05) is 25.0 Å². The van der Waals surface area contributed by atoms with Gasteiger partial charge in [0.15, 0.2) is 5.69 Å². The predicted octanol–water partition coefficient (Wildman–Crippen LogP) is 3.38. The highest BCUT2D eigenvalue weighted by Gasteiger charge is 2.24. The minimum Gasteiger partial charge on any atom is -0.337 e. The van der Waals surface area contributed by atoms with Gasteiger partial charge in [-0.3, -0.25) is 14.0 Å². The van der Waals surface area contributed by atoms with E-state index in [0.717, 1.165) is 11.3 Å². The fraction of sp³-hybridized carbons (Fsp3) is 0.250. The van der Waals surface area contributed by atoms with E-state index in [1.165, 1.54) is 0 Å². The molecule has 0 radical (unpaired) electrons. The molecule has 134 valence electrons. The summed E-state index contributed by atoms with van der Waals surface area (Å²) >= 11 is 0. The Hall–Kier alpha value is -3.15. The third kappa shape index (κ3) is 3.18. The zero-order chi connectivity index (χ0) is 18.7. The molecule has 0 spiro atoms. The summed E-state index contributed by atoms with van der Waals surface area (Å²) in [5, 5.41) is 2.89. The van der Waals surface area contributed by atoms with Crippen LogP contribution in [0, 0.1) is 6.92 Å². The second-order valence-electron chi connectivity index (χ2n) is 5.99. The first-order valence-electron chi connectivity index (χ1n) is 8.70. The minimum atomic E-state index is -0.332. The molecule has 0 aliphatic heterocycles. The molecular weight excluding hydrogens is 328 g/mol. The van der Waals surface area contributed by atoms with Gasteiger partial charge in [-0.25, -0.2) is 4.98 Å². The molecule has 6 nitrogen and oxygen atoms in total. The molecule has 26 heavy (non-hydrogen) atoms. The van der Waals surface area contributed by atoms with Crippen LogP contribution in [0.1, 0.15) is 40.5 Å². The molecule has 2 aromatic heterocycles. The van der Waals surface area contributed by atoms with Crippen LogP contribution in [-0.2, 0) is 0 Å². The molecule has 1 N–H and O–H groups in total. The zero-order valence-electron chi connectivity index (χ0n) is 15.2. The van der Waals surface area contributed by atoms with Gasteiger partial charge in [0.1, 0.15) is 0 Å². The number of imidazole rings is 1. The van der Waals surface area contributed by atoms with Crippen LogP contribution in [0.4, 0.5) is 5.69 Å². The number of nitrogens with one attached hydrogen (secondary N) is 1. The molecule has 2 heterocycles. The second kappa shape index (κ2) is 7.39. The van der Waals surface area contributed by atoms with Gasteiger partial charge >= 0.3 is 0 Å². The normalized spacial score (nSPS) is 10.7. The maximum Gasteiger partial charge on any atom is 0.290 e. The SMILES string of the molecule is CCN(CC)C(=O)c1nc(C(=O)Nc2ccccc2C)c2ccccn12. The first-order valence-corrected chi connectivity index (χ1v) is 8.70. The van der Waals surface area contributed by atoms with Crippen molar-refractivity contribution in [2.75, 3.05) is 18.4 Å². The fourth-order valence-electron chi connectivity index (χ4n) is 2.90. The summed E-state index contributed by atoms with van der Waals surface area (Å²) in [7, 11) is 0. The van der Waals surface area contributed by atoms with Crippen molar-refractivity contribution in [3.8, 4) is 0 Å². The van der Waals surface area contributed by atoms with Crippen molar-refractivity contribution in [1.82, 2.24) is 14.3 Å². The number of benzene rings is 1. The number of hydrogen-bond acceptors (Lipinski definition) is 3. The first-order chi connectivity index (χ1) is 12.6. The third-order valence-electron chi connectivity index (χ3n) is 4.40. The molecule has 0 unspecified atom stereocenters. The lowest BCUT2D eigenvalue weighted by molar-refractivity contribution is 0.0760. The standard InChI is InChI=1S/C20H22N4O2/c1-4-23(5-2)20(26)18-22-17(16-12-8-9-13-24(16)18)19(25)21-15-11-7-6-10-14(15)3/h6-13H,4-5H2,1-3H3,(H,21,25).